The summed E-state index contributed by atoms with van der Waals surface area (Å²) in [4.78, 5) is 0. The van der Waals surface area contributed by atoms with E-state index in [4.69, 9.17) is 21.1 Å². The van der Waals surface area contributed by atoms with Crippen LogP contribution in [0.5, 0.6) is 0 Å². The van der Waals surface area contributed by atoms with Crippen LogP contribution in [0.25, 0.3) is 0 Å². The Labute approximate surface area is 116 Å². The van der Waals surface area contributed by atoms with Crippen LogP contribution >= 0.6 is 11.6 Å². The fraction of sp³-hybridized carbons (Fsp3) is 0.250. The molecule has 3 unspecified atom stereocenters. The van der Waals surface area contributed by atoms with Crippen molar-refractivity contribution >= 4 is 11.6 Å². The van der Waals surface area contributed by atoms with Gasteiger partial charge in [-0.2, -0.15) is 0 Å². The molecule has 0 spiro atoms. The van der Waals surface area contributed by atoms with Crippen LogP contribution in [0.1, 0.15) is 17.2 Å². The number of hydrogen-bond donors (Lipinski definition) is 0. The molecule has 3 atom stereocenters. The van der Waals surface area contributed by atoms with E-state index in [9.17, 15) is 0 Å². The third-order valence-corrected chi connectivity index (χ3v) is 4.22. The maximum Gasteiger partial charge on any atom is 0.145 e. The van der Waals surface area contributed by atoms with Gasteiger partial charge in [0.1, 0.15) is 17.8 Å². The highest BCUT2D eigenvalue weighted by Crippen LogP contribution is 2.57. The second-order valence-corrected chi connectivity index (χ2v) is 5.45. The van der Waals surface area contributed by atoms with Crippen molar-refractivity contribution in [3.8, 4) is 0 Å². The SMILES string of the molecule is Clc1ccccc1C1OC1C1(c2ccccc2)CO1. The Morgan fingerprint density at radius 2 is 1.68 bits per heavy atom. The minimum Gasteiger partial charge on any atom is -0.362 e. The van der Waals surface area contributed by atoms with Gasteiger partial charge in [0, 0.05) is 10.6 Å². The molecule has 19 heavy (non-hydrogen) atoms. The lowest BCUT2D eigenvalue weighted by Crippen LogP contribution is -2.17. The normalized spacial score (nSPS) is 32.1. The second kappa shape index (κ2) is 4.07. The first-order valence-corrected chi connectivity index (χ1v) is 6.78. The minimum atomic E-state index is -0.259. The molecule has 0 saturated carbocycles. The van der Waals surface area contributed by atoms with E-state index in [2.05, 4.69) is 12.1 Å². The van der Waals surface area contributed by atoms with Gasteiger partial charge < -0.3 is 9.47 Å². The van der Waals surface area contributed by atoms with Crippen molar-refractivity contribution in [3.05, 3.63) is 70.7 Å². The van der Waals surface area contributed by atoms with Crippen LogP contribution in [0.2, 0.25) is 5.02 Å². The average Bonchev–Trinajstić information content (AvgIpc) is 3.33. The Hall–Kier alpha value is -1.35. The Kier molecular flexibility index (Phi) is 2.46. The summed E-state index contributed by atoms with van der Waals surface area (Å²) >= 11 is 6.22. The van der Waals surface area contributed by atoms with E-state index in [0.29, 0.717) is 0 Å². The van der Waals surface area contributed by atoms with Crippen molar-refractivity contribution < 1.29 is 9.47 Å². The number of ether oxygens (including phenoxy) is 2. The molecule has 2 aromatic rings. The summed E-state index contributed by atoms with van der Waals surface area (Å²) in [6, 6.07) is 18.1. The molecule has 4 rings (SSSR count). The Balaban J connectivity index is 1.62. The first kappa shape index (κ1) is 11.5. The van der Waals surface area contributed by atoms with Gasteiger partial charge in [-0.15, -0.1) is 0 Å². The fourth-order valence-electron chi connectivity index (χ4n) is 2.70. The summed E-state index contributed by atoms with van der Waals surface area (Å²) in [6.07, 6.45) is 0.131. The number of rotatable bonds is 3. The molecule has 2 aromatic carbocycles. The molecular weight excluding hydrogens is 260 g/mol. The molecule has 0 N–H and O–H groups in total. The summed E-state index contributed by atoms with van der Waals surface area (Å²) in [7, 11) is 0. The van der Waals surface area contributed by atoms with Crippen LogP contribution in [-0.4, -0.2) is 12.7 Å². The number of hydrogen-bond acceptors (Lipinski definition) is 2. The number of halogens is 1. The number of epoxide rings is 2. The molecule has 2 saturated heterocycles. The van der Waals surface area contributed by atoms with Crippen LogP contribution in [0.3, 0.4) is 0 Å². The molecule has 0 radical (unpaired) electrons. The van der Waals surface area contributed by atoms with Gasteiger partial charge in [0.2, 0.25) is 0 Å². The molecule has 2 heterocycles. The van der Waals surface area contributed by atoms with E-state index in [1.807, 2.05) is 42.5 Å². The van der Waals surface area contributed by atoms with E-state index in [0.717, 1.165) is 17.2 Å². The molecule has 0 aliphatic carbocycles. The monoisotopic (exact) mass is 272 g/mol. The van der Waals surface area contributed by atoms with Gasteiger partial charge >= 0.3 is 0 Å². The fourth-order valence-corrected chi connectivity index (χ4v) is 2.95. The first-order chi connectivity index (χ1) is 9.31. The van der Waals surface area contributed by atoms with E-state index in [1.54, 1.807) is 0 Å². The predicted molar refractivity (Wildman–Crippen MR) is 73.1 cm³/mol. The van der Waals surface area contributed by atoms with Gasteiger partial charge in [-0.1, -0.05) is 60.1 Å². The molecule has 2 fully saturated rings. The van der Waals surface area contributed by atoms with Gasteiger partial charge in [0.15, 0.2) is 0 Å². The van der Waals surface area contributed by atoms with Gasteiger partial charge in [0.25, 0.3) is 0 Å². The molecule has 0 amide bonds. The second-order valence-electron chi connectivity index (χ2n) is 5.04. The standard InChI is InChI=1S/C16H13ClO2/c17-13-9-5-4-8-12(13)14-15(19-14)16(10-18-16)11-6-2-1-3-7-11/h1-9,14-15H,10H2. The Morgan fingerprint density at radius 1 is 1.00 bits per heavy atom. The Bertz CT molecular complexity index is 607. The number of benzene rings is 2. The zero-order valence-electron chi connectivity index (χ0n) is 10.3. The smallest absolute Gasteiger partial charge is 0.145 e. The summed E-state index contributed by atoms with van der Waals surface area (Å²) < 4.78 is 11.6. The molecular formula is C16H13ClO2. The third-order valence-electron chi connectivity index (χ3n) is 3.88. The maximum atomic E-state index is 6.22. The van der Waals surface area contributed by atoms with E-state index < -0.39 is 0 Å². The van der Waals surface area contributed by atoms with Gasteiger partial charge in [-0.05, 0) is 11.6 Å². The highest BCUT2D eigenvalue weighted by molar-refractivity contribution is 6.31. The van der Waals surface area contributed by atoms with Crippen molar-refractivity contribution in [3.63, 3.8) is 0 Å². The van der Waals surface area contributed by atoms with Gasteiger partial charge in [0.05, 0.1) is 6.61 Å². The zero-order chi connectivity index (χ0) is 12.9. The molecule has 3 heteroatoms. The molecule has 0 bridgehead atoms. The van der Waals surface area contributed by atoms with E-state index in [1.165, 1.54) is 5.56 Å². The van der Waals surface area contributed by atoms with Crippen molar-refractivity contribution in [2.24, 2.45) is 0 Å². The lowest BCUT2D eigenvalue weighted by Gasteiger charge is -2.09. The highest BCUT2D eigenvalue weighted by Gasteiger charge is 2.65. The third kappa shape index (κ3) is 1.79. The summed E-state index contributed by atoms with van der Waals surface area (Å²) in [5.41, 5.74) is 1.99. The summed E-state index contributed by atoms with van der Waals surface area (Å²) in [5, 5.41) is 0.763. The highest BCUT2D eigenvalue weighted by atomic mass is 35.5. The van der Waals surface area contributed by atoms with Gasteiger partial charge in [-0.3, -0.25) is 0 Å². The quantitative estimate of drug-likeness (QED) is 0.796. The summed E-state index contributed by atoms with van der Waals surface area (Å²) in [6.45, 7) is 0.725. The average molecular weight is 273 g/mol. The van der Waals surface area contributed by atoms with Crippen molar-refractivity contribution in [1.82, 2.24) is 0 Å². The zero-order valence-corrected chi connectivity index (χ0v) is 11.0. The maximum absolute atomic E-state index is 6.22. The lowest BCUT2D eigenvalue weighted by atomic mass is 9.93. The van der Waals surface area contributed by atoms with Crippen LogP contribution in [-0.2, 0) is 15.1 Å². The molecule has 2 aliphatic rings. The minimum absolute atomic E-state index is 0.0522. The van der Waals surface area contributed by atoms with Crippen LogP contribution in [0, 0.1) is 0 Å². The van der Waals surface area contributed by atoms with Gasteiger partial charge in [-0.25, -0.2) is 0 Å². The molecule has 96 valence electrons. The first-order valence-electron chi connectivity index (χ1n) is 6.41. The van der Waals surface area contributed by atoms with Crippen LogP contribution in [0.4, 0.5) is 0 Å². The van der Waals surface area contributed by atoms with Crippen molar-refractivity contribution in [2.45, 2.75) is 17.8 Å². The van der Waals surface area contributed by atoms with E-state index >= 15 is 0 Å². The molecule has 2 nitrogen and oxygen atoms in total. The summed E-state index contributed by atoms with van der Waals surface area (Å²) in [5.74, 6) is 0. The Morgan fingerprint density at radius 3 is 2.37 bits per heavy atom. The van der Waals surface area contributed by atoms with Crippen LogP contribution < -0.4 is 0 Å². The predicted octanol–water partition coefficient (Wildman–Crippen LogP) is 3.71. The topological polar surface area (TPSA) is 25.1 Å². The van der Waals surface area contributed by atoms with Crippen molar-refractivity contribution in [1.29, 1.82) is 0 Å². The molecule has 0 aromatic heterocycles. The largest absolute Gasteiger partial charge is 0.362 e. The van der Waals surface area contributed by atoms with Crippen LogP contribution in [0.15, 0.2) is 54.6 Å². The van der Waals surface area contributed by atoms with E-state index in [-0.39, 0.29) is 17.8 Å². The molecule has 2 aliphatic heterocycles. The lowest BCUT2D eigenvalue weighted by molar-refractivity contribution is 0.236. The van der Waals surface area contributed by atoms with Crippen molar-refractivity contribution in [2.75, 3.05) is 6.61 Å².